The van der Waals surface area contributed by atoms with E-state index in [2.05, 4.69) is 10.3 Å². The standard InChI is InChI=1S/C15H15N3O6/c1-3-24-15(21)8(2)17-14(20)13(19)11-7-16-12-5-4-9(18(22)23)6-10(11)12/h4-8,16H,3H2,1-2H3,(H,17,20)/t8-/m0/s1. The van der Waals surface area contributed by atoms with E-state index in [1.54, 1.807) is 6.92 Å². The molecule has 1 atom stereocenters. The second-order valence-corrected chi connectivity index (χ2v) is 4.97. The molecule has 9 nitrogen and oxygen atoms in total. The van der Waals surface area contributed by atoms with Gasteiger partial charge in [-0.15, -0.1) is 0 Å². The largest absolute Gasteiger partial charge is 0.464 e. The summed E-state index contributed by atoms with van der Waals surface area (Å²) < 4.78 is 4.74. The minimum absolute atomic E-state index is 0.0118. The van der Waals surface area contributed by atoms with E-state index in [1.165, 1.54) is 31.3 Å². The van der Waals surface area contributed by atoms with Gasteiger partial charge in [0.05, 0.1) is 17.1 Å². The number of nitrogens with one attached hydrogen (secondary N) is 2. The van der Waals surface area contributed by atoms with Crippen molar-refractivity contribution in [3.05, 3.63) is 40.1 Å². The molecule has 1 aromatic carbocycles. The van der Waals surface area contributed by atoms with E-state index < -0.39 is 28.6 Å². The second-order valence-electron chi connectivity index (χ2n) is 4.97. The Labute approximate surface area is 136 Å². The van der Waals surface area contributed by atoms with Crippen LogP contribution >= 0.6 is 0 Å². The van der Waals surface area contributed by atoms with E-state index in [-0.39, 0.29) is 23.2 Å². The summed E-state index contributed by atoms with van der Waals surface area (Å²) in [5.74, 6) is -2.56. The number of carbonyl (C=O) groups is 3. The van der Waals surface area contributed by atoms with Gasteiger partial charge in [-0.3, -0.25) is 19.7 Å². The Balaban J connectivity index is 2.24. The van der Waals surface area contributed by atoms with Crippen LogP contribution in [0.4, 0.5) is 5.69 Å². The van der Waals surface area contributed by atoms with Crippen LogP contribution in [0.1, 0.15) is 24.2 Å². The SMILES string of the molecule is CCOC(=O)[C@H](C)NC(=O)C(=O)c1c[nH]c2ccc([N+](=O)[O-])cc12. The van der Waals surface area contributed by atoms with Gasteiger partial charge in [-0.25, -0.2) is 4.79 Å². The fraction of sp³-hybridized carbons (Fsp3) is 0.267. The number of aromatic nitrogens is 1. The number of ketones is 1. The first-order valence-corrected chi connectivity index (χ1v) is 7.12. The molecule has 0 saturated carbocycles. The average Bonchev–Trinajstić information content (AvgIpc) is 2.97. The summed E-state index contributed by atoms with van der Waals surface area (Å²) in [5.41, 5.74) is 0.272. The van der Waals surface area contributed by atoms with Crippen LogP contribution in [0.2, 0.25) is 0 Å². The summed E-state index contributed by atoms with van der Waals surface area (Å²) in [6, 6.07) is 2.96. The molecular weight excluding hydrogens is 318 g/mol. The van der Waals surface area contributed by atoms with Gasteiger partial charge in [-0.2, -0.15) is 0 Å². The van der Waals surface area contributed by atoms with Gasteiger partial charge in [0.25, 0.3) is 17.4 Å². The predicted octanol–water partition coefficient (Wildman–Crippen LogP) is 1.33. The lowest BCUT2D eigenvalue weighted by atomic mass is 10.1. The average molecular weight is 333 g/mol. The Morgan fingerprint density at radius 3 is 2.71 bits per heavy atom. The number of hydrogen-bond acceptors (Lipinski definition) is 6. The van der Waals surface area contributed by atoms with Gasteiger partial charge in [0.15, 0.2) is 0 Å². The van der Waals surface area contributed by atoms with E-state index in [0.717, 1.165) is 0 Å². The molecule has 0 spiro atoms. The molecule has 1 amide bonds. The lowest BCUT2D eigenvalue weighted by Gasteiger charge is -2.11. The molecule has 126 valence electrons. The molecule has 0 unspecified atom stereocenters. The van der Waals surface area contributed by atoms with Crippen LogP contribution in [0.3, 0.4) is 0 Å². The molecule has 0 aliphatic carbocycles. The predicted molar refractivity (Wildman–Crippen MR) is 83.5 cm³/mol. The minimum atomic E-state index is -0.997. The van der Waals surface area contributed by atoms with Crippen LogP contribution in [0.25, 0.3) is 10.9 Å². The second kappa shape index (κ2) is 6.90. The lowest BCUT2D eigenvalue weighted by molar-refractivity contribution is -0.384. The fourth-order valence-corrected chi connectivity index (χ4v) is 2.12. The maximum Gasteiger partial charge on any atom is 0.328 e. The molecule has 1 heterocycles. The number of benzene rings is 1. The van der Waals surface area contributed by atoms with Gasteiger partial charge in [-0.1, -0.05) is 0 Å². The third kappa shape index (κ3) is 3.40. The highest BCUT2D eigenvalue weighted by Crippen LogP contribution is 2.24. The molecule has 0 saturated heterocycles. The Hall–Kier alpha value is -3.23. The van der Waals surface area contributed by atoms with E-state index in [1.807, 2.05) is 0 Å². The number of ether oxygens (including phenoxy) is 1. The summed E-state index contributed by atoms with van der Waals surface area (Å²) in [4.78, 5) is 48.8. The van der Waals surface area contributed by atoms with Gasteiger partial charge >= 0.3 is 5.97 Å². The zero-order valence-corrected chi connectivity index (χ0v) is 13.0. The molecule has 0 aliphatic heterocycles. The Kier molecular flexibility index (Phi) is 4.93. The van der Waals surface area contributed by atoms with Crippen molar-refractivity contribution in [2.75, 3.05) is 6.61 Å². The summed E-state index contributed by atoms with van der Waals surface area (Å²) in [7, 11) is 0. The van der Waals surface area contributed by atoms with Crippen molar-refractivity contribution >= 4 is 34.3 Å². The topological polar surface area (TPSA) is 131 Å². The maximum atomic E-state index is 12.3. The zero-order valence-electron chi connectivity index (χ0n) is 13.0. The summed E-state index contributed by atoms with van der Waals surface area (Å²) in [5, 5.41) is 13.3. The fourth-order valence-electron chi connectivity index (χ4n) is 2.12. The number of fused-ring (bicyclic) bond motifs is 1. The number of carbonyl (C=O) groups excluding carboxylic acids is 3. The maximum absolute atomic E-state index is 12.3. The Morgan fingerprint density at radius 2 is 2.08 bits per heavy atom. The van der Waals surface area contributed by atoms with Crippen molar-refractivity contribution in [1.82, 2.24) is 10.3 Å². The molecule has 24 heavy (non-hydrogen) atoms. The quantitative estimate of drug-likeness (QED) is 0.269. The summed E-state index contributed by atoms with van der Waals surface area (Å²) in [6.07, 6.45) is 1.30. The molecule has 2 aromatic rings. The smallest absolute Gasteiger partial charge is 0.328 e. The molecule has 1 aromatic heterocycles. The van der Waals surface area contributed by atoms with Crippen molar-refractivity contribution in [3.63, 3.8) is 0 Å². The number of H-pyrrole nitrogens is 1. The number of nitro groups is 1. The molecule has 9 heteroatoms. The number of non-ortho nitro benzene ring substituents is 1. The first-order chi connectivity index (χ1) is 11.3. The molecule has 0 radical (unpaired) electrons. The number of hydrogen-bond donors (Lipinski definition) is 2. The Morgan fingerprint density at radius 1 is 1.38 bits per heavy atom. The monoisotopic (exact) mass is 333 g/mol. The summed E-state index contributed by atoms with van der Waals surface area (Å²) in [6.45, 7) is 3.17. The highest BCUT2D eigenvalue weighted by Gasteiger charge is 2.25. The number of esters is 1. The van der Waals surface area contributed by atoms with Crippen LogP contribution in [-0.2, 0) is 14.3 Å². The minimum Gasteiger partial charge on any atom is -0.464 e. The van der Waals surface area contributed by atoms with Crippen molar-refractivity contribution in [2.45, 2.75) is 19.9 Å². The van der Waals surface area contributed by atoms with E-state index in [9.17, 15) is 24.5 Å². The van der Waals surface area contributed by atoms with Crippen molar-refractivity contribution in [2.24, 2.45) is 0 Å². The van der Waals surface area contributed by atoms with Crippen LogP contribution in [0, 0.1) is 10.1 Å². The van der Waals surface area contributed by atoms with E-state index in [0.29, 0.717) is 5.52 Å². The molecule has 0 fully saturated rings. The van der Waals surface area contributed by atoms with Gasteiger partial charge < -0.3 is 15.0 Å². The van der Waals surface area contributed by atoms with Crippen LogP contribution in [-0.4, -0.2) is 40.2 Å². The highest BCUT2D eigenvalue weighted by atomic mass is 16.6. The molecular formula is C15H15N3O6. The van der Waals surface area contributed by atoms with Gasteiger partial charge in [-0.05, 0) is 19.9 Å². The zero-order chi connectivity index (χ0) is 17.9. The number of rotatable bonds is 6. The van der Waals surface area contributed by atoms with Crippen LogP contribution < -0.4 is 5.32 Å². The van der Waals surface area contributed by atoms with Crippen LogP contribution in [0.15, 0.2) is 24.4 Å². The highest BCUT2D eigenvalue weighted by molar-refractivity contribution is 6.45. The molecule has 0 aliphatic rings. The van der Waals surface area contributed by atoms with Crippen molar-refractivity contribution in [1.29, 1.82) is 0 Å². The Bertz CT molecular complexity index is 826. The summed E-state index contributed by atoms with van der Waals surface area (Å²) >= 11 is 0. The number of amides is 1. The molecule has 0 bridgehead atoms. The third-order valence-corrected chi connectivity index (χ3v) is 3.31. The number of Topliss-reactive ketones (excluding diaryl/α,β-unsaturated/α-hetero) is 1. The first-order valence-electron chi connectivity index (χ1n) is 7.12. The molecule has 2 rings (SSSR count). The normalized spacial score (nSPS) is 11.8. The van der Waals surface area contributed by atoms with Crippen molar-refractivity contribution in [3.8, 4) is 0 Å². The van der Waals surface area contributed by atoms with E-state index in [4.69, 9.17) is 4.74 Å². The van der Waals surface area contributed by atoms with Gasteiger partial charge in [0.2, 0.25) is 0 Å². The third-order valence-electron chi connectivity index (χ3n) is 3.31. The van der Waals surface area contributed by atoms with Crippen LogP contribution in [0.5, 0.6) is 0 Å². The van der Waals surface area contributed by atoms with Crippen molar-refractivity contribution < 1.29 is 24.0 Å². The lowest BCUT2D eigenvalue weighted by Crippen LogP contribution is -2.42. The number of nitrogens with zero attached hydrogens (tertiary/aromatic N) is 1. The van der Waals surface area contributed by atoms with Gasteiger partial charge in [0, 0.05) is 29.2 Å². The number of nitro benzene ring substituents is 1. The number of aromatic amines is 1. The molecule has 2 N–H and O–H groups in total. The van der Waals surface area contributed by atoms with Gasteiger partial charge in [0.1, 0.15) is 6.04 Å². The first kappa shape index (κ1) is 17.1. The van der Waals surface area contributed by atoms with E-state index >= 15 is 0 Å².